The molecule has 0 unspecified atom stereocenters. The number of nitrogens with two attached hydrogens (primary N) is 1. The van der Waals surface area contributed by atoms with Crippen molar-refractivity contribution in [1.29, 1.82) is 0 Å². The number of hydrogen-bond acceptors (Lipinski definition) is 23. The summed E-state index contributed by atoms with van der Waals surface area (Å²) in [5.41, 5.74) is 9.42. The van der Waals surface area contributed by atoms with Crippen LogP contribution in [0.15, 0.2) is 57.9 Å². The number of nitrogens with zero attached hydrogens (tertiary/aromatic N) is 3. The van der Waals surface area contributed by atoms with Crippen molar-refractivity contribution in [2.75, 3.05) is 210 Å². The number of carboxylic acid groups (broad SMARTS) is 1. The maximum atomic E-state index is 13.8. The summed E-state index contributed by atoms with van der Waals surface area (Å²) in [5, 5.41) is 13.4. The van der Waals surface area contributed by atoms with Gasteiger partial charge >= 0.3 is 5.97 Å². The van der Waals surface area contributed by atoms with Crippen LogP contribution in [0.4, 0.5) is 5.69 Å². The van der Waals surface area contributed by atoms with Crippen molar-refractivity contribution in [2.24, 2.45) is 16.6 Å². The molecule has 0 aromatic heterocycles. The van der Waals surface area contributed by atoms with E-state index in [-0.39, 0.29) is 87.9 Å². The average molecular weight is 1330 g/mol. The first-order valence-electron chi connectivity index (χ1n) is 30.8. The summed E-state index contributed by atoms with van der Waals surface area (Å²) in [6, 6.07) is 10.3. The lowest BCUT2D eigenvalue weighted by Crippen LogP contribution is -2.56. The van der Waals surface area contributed by atoms with Gasteiger partial charge in [0.05, 0.1) is 189 Å². The zero-order valence-electron chi connectivity index (χ0n) is 52.6. The third kappa shape index (κ3) is 34.5. The predicted octanol–water partition coefficient (Wildman–Crippen LogP) is 1.97. The van der Waals surface area contributed by atoms with Gasteiger partial charge in [0.1, 0.15) is 17.6 Å². The second-order valence-corrected chi connectivity index (χ2v) is 24.1. The first-order chi connectivity index (χ1) is 44.0. The summed E-state index contributed by atoms with van der Waals surface area (Å²) < 4.78 is 133. The van der Waals surface area contributed by atoms with Gasteiger partial charge in [0.2, 0.25) is 27.7 Å². The number of nitrogens with one attached hydrogen (secondary N) is 2. The predicted molar refractivity (Wildman–Crippen MR) is 334 cm³/mol. The van der Waals surface area contributed by atoms with Gasteiger partial charge in [-0.05, 0) is 48.2 Å². The maximum Gasteiger partial charge on any atom is 0.305 e. The van der Waals surface area contributed by atoms with Gasteiger partial charge in [-0.1, -0.05) is 38.1 Å². The van der Waals surface area contributed by atoms with Crippen LogP contribution >= 0.6 is 0 Å². The molecule has 2 aromatic rings. The zero-order valence-corrected chi connectivity index (χ0v) is 54.3. The third-order valence-corrected chi connectivity index (χ3v) is 15.8. The van der Waals surface area contributed by atoms with E-state index in [9.17, 15) is 40.6 Å². The molecule has 31 heteroatoms. The van der Waals surface area contributed by atoms with Gasteiger partial charge in [-0.25, -0.2) is 13.4 Å². The van der Waals surface area contributed by atoms with Crippen molar-refractivity contribution in [1.82, 2.24) is 19.8 Å². The van der Waals surface area contributed by atoms with Gasteiger partial charge in [0.15, 0.2) is 0 Å². The van der Waals surface area contributed by atoms with Crippen molar-refractivity contribution >= 4 is 61.4 Å². The molecular formula is C60H96N6O23S2. The molecule has 1 fully saturated rings. The average Bonchev–Trinajstić information content (AvgIpc) is 1.17. The summed E-state index contributed by atoms with van der Waals surface area (Å²) in [6.45, 7) is 14.8. The Labute approximate surface area is 534 Å². The topological polar surface area (TPSA) is 366 Å². The molecule has 2 aliphatic rings. The van der Waals surface area contributed by atoms with Crippen molar-refractivity contribution in [3.05, 3.63) is 53.6 Å². The Morgan fingerprint density at radius 3 is 1.44 bits per heavy atom. The van der Waals surface area contributed by atoms with E-state index in [4.69, 9.17) is 72.4 Å². The van der Waals surface area contributed by atoms with Gasteiger partial charge in [-0.2, -0.15) is 12.7 Å². The highest BCUT2D eigenvalue weighted by Crippen LogP contribution is 2.34. The van der Waals surface area contributed by atoms with E-state index < -0.39 is 49.7 Å². The second kappa shape index (κ2) is 46.8. The maximum absolute atomic E-state index is 13.8. The number of amides is 3. The molecule has 2 heterocycles. The number of sulfonamides is 1. The lowest BCUT2D eigenvalue weighted by molar-refractivity contribution is -0.138. The summed E-state index contributed by atoms with van der Waals surface area (Å²) in [7, 11) is -8.65. The minimum atomic E-state index is -4.69. The summed E-state index contributed by atoms with van der Waals surface area (Å²) in [4.78, 5) is 56.1. The van der Waals surface area contributed by atoms with Crippen LogP contribution in [0.3, 0.4) is 0 Å². The molecule has 4 rings (SSSR count). The van der Waals surface area contributed by atoms with E-state index in [0.29, 0.717) is 186 Å². The van der Waals surface area contributed by atoms with E-state index in [1.165, 1.54) is 10.4 Å². The number of ether oxygens (including phenoxy) is 13. The number of rotatable bonds is 56. The van der Waals surface area contributed by atoms with E-state index in [0.717, 1.165) is 12.8 Å². The third-order valence-electron chi connectivity index (χ3n) is 13.3. The van der Waals surface area contributed by atoms with Crippen molar-refractivity contribution in [3.8, 4) is 11.1 Å². The highest BCUT2D eigenvalue weighted by atomic mass is 32.2. The first kappa shape index (κ1) is 78.3. The number of fused-ring (bicyclic) bond motifs is 1. The van der Waals surface area contributed by atoms with E-state index in [1.54, 1.807) is 24.3 Å². The molecule has 2 aromatic carbocycles. The van der Waals surface area contributed by atoms with Crippen molar-refractivity contribution in [2.45, 2.75) is 56.9 Å². The summed E-state index contributed by atoms with van der Waals surface area (Å²) >= 11 is 0. The SMILES string of the molecule is CCCN(CCC)C(=O)C1=Cc2ccc(-c3cccc(S(=O)(=O)N4CC(CNC(=O)[C@H](CS(=O)(=O)O)NC(=O)CCOCCOCCOCCOCCOCCOCCOCCOCCOCCOCCOCCOCCOCCC(=O)O)C4)c3)cc2N=C(N)C1. The van der Waals surface area contributed by atoms with Crippen LogP contribution < -0.4 is 16.4 Å². The van der Waals surface area contributed by atoms with E-state index >= 15 is 0 Å². The quantitative estimate of drug-likeness (QED) is 0.0467. The minimum Gasteiger partial charge on any atom is -0.481 e. The first-order valence-corrected chi connectivity index (χ1v) is 33.9. The summed E-state index contributed by atoms with van der Waals surface area (Å²) in [6.07, 6.45) is 3.43. The molecule has 3 amide bonds. The van der Waals surface area contributed by atoms with Gasteiger partial charge in [-0.15, -0.1) is 0 Å². The highest BCUT2D eigenvalue weighted by molar-refractivity contribution is 7.89. The molecule has 91 heavy (non-hydrogen) atoms. The van der Waals surface area contributed by atoms with Crippen LogP contribution in [-0.4, -0.2) is 282 Å². The Kier molecular flexibility index (Phi) is 40.3. The normalized spacial score (nSPS) is 14.1. The second-order valence-electron chi connectivity index (χ2n) is 20.7. The van der Waals surface area contributed by atoms with Crippen LogP contribution in [0.25, 0.3) is 17.2 Å². The molecule has 29 nitrogen and oxygen atoms in total. The van der Waals surface area contributed by atoms with Crippen LogP contribution in [0.1, 0.15) is 51.5 Å². The van der Waals surface area contributed by atoms with E-state index in [2.05, 4.69) is 15.6 Å². The number of amidine groups is 1. The van der Waals surface area contributed by atoms with Crippen LogP contribution in [0.2, 0.25) is 0 Å². The Balaban J connectivity index is 0.932. The number of hydrogen-bond donors (Lipinski definition) is 5. The van der Waals surface area contributed by atoms with Gasteiger partial charge < -0.3 is 88.0 Å². The van der Waals surface area contributed by atoms with Gasteiger partial charge in [0, 0.05) is 62.6 Å². The Morgan fingerprint density at radius 1 is 0.604 bits per heavy atom. The number of carbonyl (C=O) groups excluding carboxylic acids is 3. The van der Waals surface area contributed by atoms with Gasteiger partial charge in [0.25, 0.3) is 10.1 Å². The molecule has 0 radical (unpaired) electrons. The fourth-order valence-corrected chi connectivity index (χ4v) is 11.0. The fourth-order valence-electron chi connectivity index (χ4n) is 8.69. The molecule has 0 spiro atoms. The zero-order chi connectivity index (χ0) is 65.8. The Hall–Kier alpha value is -5.17. The number of carbonyl (C=O) groups is 4. The standard InChI is InChI=1S/C60H96N6O23S2/c1-3-12-65(13-4-2)60(71)52-40-51-9-8-50(42-54(51)63-56(61)43-52)49-6-5-7-53(41-49)91(75,76)66-45-48(46-66)44-62-59(70)55(47-90(72,73)74)64-57(67)10-14-77-16-18-79-20-22-81-24-26-83-28-30-85-32-34-87-36-38-89-39-37-88-35-33-86-31-29-84-27-25-82-23-21-80-19-17-78-15-11-58(68)69/h5-9,40-42,48,55H,3-4,10-39,43-47H2,1-2H3,(H2,61,63)(H,62,70)(H,64,67)(H,68,69)(H,72,73,74)/t55-/m0/s1. The monoisotopic (exact) mass is 1330 g/mol. The number of benzene rings is 2. The largest absolute Gasteiger partial charge is 0.481 e. The minimum absolute atomic E-state index is 0.0236. The molecule has 2 aliphatic heterocycles. The molecule has 1 saturated heterocycles. The van der Waals surface area contributed by atoms with Crippen LogP contribution in [-0.2, 0) is 101 Å². The number of aliphatic carboxylic acids is 1. The fraction of sp³-hybridized carbons (Fsp3) is 0.683. The highest BCUT2D eigenvalue weighted by Gasteiger charge is 2.38. The molecule has 6 N–H and O–H groups in total. The van der Waals surface area contributed by atoms with Crippen molar-refractivity contribution < 1.29 is 107 Å². The molecule has 516 valence electrons. The Bertz CT molecular complexity index is 2700. The van der Waals surface area contributed by atoms with Crippen LogP contribution in [0, 0.1) is 5.92 Å². The number of carboxylic acids is 1. The number of aliphatic imine (C=N–C) groups is 1. The molecule has 1 atom stereocenters. The molecule has 0 saturated carbocycles. The van der Waals surface area contributed by atoms with E-state index in [1.807, 2.05) is 37.0 Å². The molecule has 0 bridgehead atoms. The summed E-state index contributed by atoms with van der Waals surface area (Å²) in [5.74, 6) is -3.64. The molecular weight excluding hydrogens is 1240 g/mol. The van der Waals surface area contributed by atoms with Crippen LogP contribution in [0.5, 0.6) is 0 Å². The lowest BCUT2D eigenvalue weighted by Gasteiger charge is -2.38. The van der Waals surface area contributed by atoms with Gasteiger partial charge in [-0.3, -0.25) is 23.7 Å². The smallest absolute Gasteiger partial charge is 0.305 e. The van der Waals surface area contributed by atoms with Crippen molar-refractivity contribution in [3.63, 3.8) is 0 Å². The molecule has 0 aliphatic carbocycles. The Morgan fingerprint density at radius 2 is 1.02 bits per heavy atom. The lowest BCUT2D eigenvalue weighted by atomic mass is 10.0.